The van der Waals surface area contributed by atoms with E-state index in [1.54, 1.807) is 0 Å². The van der Waals surface area contributed by atoms with Crippen molar-refractivity contribution in [2.45, 2.75) is 57.0 Å². The van der Waals surface area contributed by atoms with E-state index >= 15 is 0 Å². The molecule has 0 saturated carbocycles. The molecule has 3 N–H and O–H groups in total. The lowest BCUT2D eigenvalue weighted by Gasteiger charge is -2.20. The average molecular weight is 274 g/mol. The van der Waals surface area contributed by atoms with E-state index in [9.17, 15) is 15.3 Å². The van der Waals surface area contributed by atoms with Crippen LogP contribution in [0.15, 0.2) is 12.2 Å². The minimum absolute atomic E-state index is 0.0558. The van der Waals surface area contributed by atoms with Gasteiger partial charge in [-0.15, -0.1) is 0 Å². The second-order valence-corrected chi connectivity index (χ2v) is 4.93. The molecule has 1 heterocycles. The molecule has 0 aromatic carbocycles. The first-order chi connectivity index (χ1) is 9.16. The topological polar surface area (TPSA) is 79.2 Å². The number of aliphatic hydroxyl groups excluding tert-OH is 3. The third kappa shape index (κ3) is 6.01. The van der Waals surface area contributed by atoms with E-state index in [-0.39, 0.29) is 13.2 Å². The van der Waals surface area contributed by atoms with Crippen molar-refractivity contribution in [1.29, 1.82) is 0 Å². The zero-order valence-corrected chi connectivity index (χ0v) is 11.6. The van der Waals surface area contributed by atoms with Crippen LogP contribution in [0.2, 0.25) is 0 Å². The Morgan fingerprint density at radius 2 is 2.11 bits per heavy atom. The molecular formula is C14H26O5. The lowest BCUT2D eigenvalue weighted by molar-refractivity contribution is -0.0782. The van der Waals surface area contributed by atoms with Crippen molar-refractivity contribution < 1.29 is 24.8 Å². The Morgan fingerprint density at radius 3 is 2.74 bits per heavy atom. The molecule has 0 aliphatic carbocycles. The van der Waals surface area contributed by atoms with Crippen LogP contribution in [-0.2, 0) is 9.47 Å². The molecular weight excluding hydrogens is 248 g/mol. The maximum atomic E-state index is 9.76. The van der Waals surface area contributed by atoms with Crippen LogP contribution in [0.3, 0.4) is 0 Å². The molecule has 1 aliphatic rings. The minimum Gasteiger partial charge on any atom is -0.388 e. The standard InChI is InChI=1S/C14H26O5/c1-2-3-4-5-6-7-8-18-9-12(16)14-13(17)11(15)10-19-14/h6-7,11-17H,2-5,8-10H2,1H3/b7-6+/t11-,12+,13-,14-/m1/s1. The summed E-state index contributed by atoms with van der Waals surface area (Å²) in [6.07, 6.45) is 5.07. The van der Waals surface area contributed by atoms with Crippen molar-refractivity contribution in [2.75, 3.05) is 19.8 Å². The summed E-state index contributed by atoms with van der Waals surface area (Å²) in [4.78, 5) is 0. The van der Waals surface area contributed by atoms with Crippen LogP contribution >= 0.6 is 0 Å². The van der Waals surface area contributed by atoms with Gasteiger partial charge in [-0.1, -0.05) is 31.9 Å². The molecule has 0 spiro atoms. The second kappa shape index (κ2) is 9.44. The van der Waals surface area contributed by atoms with Gasteiger partial charge in [0.25, 0.3) is 0 Å². The number of allylic oxidation sites excluding steroid dienone is 1. The van der Waals surface area contributed by atoms with Crippen molar-refractivity contribution >= 4 is 0 Å². The van der Waals surface area contributed by atoms with Crippen molar-refractivity contribution in [3.63, 3.8) is 0 Å². The Morgan fingerprint density at radius 1 is 1.32 bits per heavy atom. The zero-order chi connectivity index (χ0) is 14.1. The normalized spacial score (nSPS) is 29.2. The van der Waals surface area contributed by atoms with E-state index in [4.69, 9.17) is 9.47 Å². The summed E-state index contributed by atoms with van der Waals surface area (Å²) in [7, 11) is 0. The van der Waals surface area contributed by atoms with Crippen molar-refractivity contribution in [1.82, 2.24) is 0 Å². The number of hydrogen-bond acceptors (Lipinski definition) is 5. The van der Waals surface area contributed by atoms with Gasteiger partial charge in [0.2, 0.25) is 0 Å². The molecule has 4 atom stereocenters. The first kappa shape index (κ1) is 16.6. The fourth-order valence-electron chi connectivity index (χ4n) is 2.01. The number of hydrogen-bond donors (Lipinski definition) is 3. The van der Waals surface area contributed by atoms with Crippen LogP contribution < -0.4 is 0 Å². The van der Waals surface area contributed by atoms with Gasteiger partial charge >= 0.3 is 0 Å². The minimum atomic E-state index is -1.04. The van der Waals surface area contributed by atoms with Gasteiger partial charge in [0.1, 0.15) is 24.4 Å². The van der Waals surface area contributed by atoms with Gasteiger partial charge in [-0.2, -0.15) is 0 Å². The molecule has 0 aromatic heterocycles. The van der Waals surface area contributed by atoms with Gasteiger partial charge in [-0.25, -0.2) is 0 Å². The zero-order valence-electron chi connectivity index (χ0n) is 11.6. The Hall–Kier alpha value is -0.460. The third-order valence-corrected chi connectivity index (χ3v) is 3.21. The summed E-state index contributed by atoms with van der Waals surface area (Å²) in [5.74, 6) is 0. The Balaban J connectivity index is 2.06. The van der Waals surface area contributed by atoms with E-state index in [1.165, 1.54) is 19.3 Å². The predicted molar refractivity (Wildman–Crippen MR) is 71.9 cm³/mol. The Kier molecular flexibility index (Phi) is 8.25. The highest BCUT2D eigenvalue weighted by atomic mass is 16.5. The SMILES string of the molecule is CCCCC/C=C/COC[C@H](O)[C@H]1OC[C@@H](O)[C@H]1O. The molecule has 1 aliphatic heterocycles. The van der Waals surface area contributed by atoms with Gasteiger partial charge in [0.15, 0.2) is 0 Å². The van der Waals surface area contributed by atoms with Crippen molar-refractivity contribution in [2.24, 2.45) is 0 Å². The lowest BCUT2D eigenvalue weighted by atomic mass is 10.1. The lowest BCUT2D eigenvalue weighted by Crippen LogP contribution is -2.40. The molecule has 112 valence electrons. The fraction of sp³-hybridized carbons (Fsp3) is 0.857. The summed E-state index contributed by atoms with van der Waals surface area (Å²) in [5.41, 5.74) is 0. The van der Waals surface area contributed by atoms with Crippen LogP contribution in [0.5, 0.6) is 0 Å². The maximum absolute atomic E-state index is 9.76. The highest BCUT2D eigenvalue weighted by Crippen LogP contribution is 2.17. The predicted octanol–water partition coefficient (Wildman–Crippen LogP) is 0.621. The third-order valence-electron chi connectivity index (χ3n) is 3.21. The van der Waals surface area contributed by atoms with Crippen LogP contribution in [0.25, 0.3) is 0 Å². The summed E-state index contributed by atoms with van der Waals surface area (Å²) in [6.45, 7) is 2.76. The number of aliphatic hydroxyl groups is 3. The van der Waals surface area contributed by atoms with E-state index < -0.39 is 24.4 Å². The maximum Gasteiger partial charge on any atom is 0.114 e. The number of rotatable bonds is 9. The van der Waals surface area contributed by atoms with E-state index in [1.807, 2.05) is 6.08 Å². The average Bonchev–Trinajstić information content (AvgIpc) is 2.73. The van der Waals surface area contributed by atoms with Gasteiger partial charge < -0.3 is 24.8 Å². The Labute approximate surface area is 114 Å². The molecule has 0 unspecified atom stereocenters. The molecule has 0 bridgehead atoms. The van der Waals surface area contributed by atoms with Crippen LogP contribution in [0, 0.1) is 0 Å². The molecule has 19 heavy (non-hydrogen) atoms. The van der Waals surface area contributed by atoms with Crippen LogP contribution in [0.4, 0.5) is 0 Å². The van der Waals surface area contributed by atoms with Crippen LogP contribution in [-0.4, -0.2) is 59.6 Å². The largest absolute Gasteiger partial charge is 0.388 e. The van der Waals surface area contributed by atoms with Gasteiger partial charge in [-0.05, 0) is 12.8 Å². The molecule has 1 rings (SSSR count). The number of unbranched alkanes of at least 4 members (excludes halogenated alkanes) is 3. The molecule has 0 radical (unpaired) electrons. The van der Waals surface area contributed by atoms with Gasteiger partial charge in [0, 0.05) is 0 Å². The fourth-order valence-corrected chi connectivity index (χ4v) is 2.01. The summed E-state index contributed by atoms with van der Waals surface area (Å²) < 4.78 is 10.4. The molecule has 0 amide bonds. The summed E-state index contributed by atoms with van der Waals surface area (Å²) >= 11 is 0. The van der Waals surface area contributed by atoms with E-state index in [0.717, 1.165) is 6.42 Å². The molecule has 5 heteroatoms. The van der Waals surface area contributed by atoms with Crippen molar-refractivity contribution in [3.05, 3.63) is 12.2 Å². The summed E-state index contributed by atoms with van der Waals surface area (Å²) in [6, 6.07) is 0. The van der Waals surface area contributed by atoms with Crippen molar-refractivity contribution in [3.8, 4) is 0 Å². The second-order valence-electron chi connectivity index (χ2n) is 4.93. The van der Waals surface area contributed by atoms with E-state index in [0.29, 0.717) is 6.61 Å². The highest BCUT2D eigenvalue weighted by Gasteiger charge is 2.39. The van der Waals surface area contributed by atoms with Crippen LogP contribution in [0.1, 0.15) is 32.6 Å². The summed E-state index contributed by atoms with van der Waals surface area (Å²) in [5, 5.41) is 28.6. The molecule has 0 aromatic rings. The van der Waals surface area contributed by atoms with Gasteiger partial charge in [0.05, 0.1) is 19.8 Å². The first-order valence-electron chi connectivity index (χ1n) is 7.05. The van der Waals surface area contributed by atoms with E-state index in [2.05, 4.69) is 13.0 Å². The molecule has 1 fully saturated rings. The smallest absolute Gasteiger partial charge is 0.114 e. The molecule has 5 nitrogen and oxygen atoms in total. The highest BCUT2D eigenvalue weighted by molar-refractivity contribution is 4.88. The first-order valence-corrected chi connectivity index (χ1v) is 7.05. The monoisotopic (exact) mass is 274 g/mol. The van der Waals surface area contributed by atoms with Gasteiger partial charge in [-0.3, -0.25) is 0 Å². The Bertz CT molecular complexity index is 256. The number of ether oxygens (including phenoxy) is 2. The molecule has 1 saturated heterocycles. The quantitative estimate of drug-likeness (QED) is 0.424.